The van der Waals surface area contributed by atoms with Crippen LogP contribution in [0.3, 0.4) is 0 Å². The van der Waals surface area contributed by atoms with Crippen molar-refractivity contribution in [1.29, 1.82) is 0 Å². The van der Waals surface area contributed by atoms with Gasteiger partial charge in [-0.15, -0.1) is 0 Å². The molecule has 0 aliphatic heterocycles. The molecule has 2 aromatic heterocycles. The van der Waals surface area contributed by atoms with Crippen molar-refractivity contribution in [2.45, 2.75) is 19.3 Å². The molecular formula is C57H40N2O. The predicted octanol–water partition coefficient (Wildman–Crippen LogP) is 15.8. The van der Waals surface area contributed by atoms with Gasteiger partial charge in [0.1, 0.15) is 11.2 Å². The number of anilines is 3. The Morgan fingerprint density at radius 1 is 0.417 bits per heavy atom. The van der Waals surface area contributed by atoms with Gasteiger partial charge in [-0.2, -0.15) is 0 Å². The summed E-state index contributed by atoms with van der Waals surface area (Å²) in [6.45, 7) is 4.72. The topological polar surface area (TPSA) is 21.3 Å². The lowest BCUT2D eigenvalue weighted by Gasteiger charge is -2.31. The maximum absolute atomic E-state index is 6.32. The van der Waals surface area contributed by atoms with E-state index >= 15 is 0 Å². The molecule has 0 unspecified atom stereocenters. The number of rotatable bonds is 6. The lowest BCUT2D eigenvalue weighted by Crippen LogP contribution is -2.15. The van der Waals surface area contributed by atoms with Crippen molar-refractivity contribution >= 4 is 60.8 Å². The van der Waals surface area contributed by atoms with Crippen LogP contribution in [0.4, 0.5) is 17.1 Å². The fourth-order valence-corrected chi connectivity index (χ4v) is 10.1. The molecule has 12 rings (SSSR count). The molecule has 2 heterocycles. The summed E-state index contributed by atoms with van der Waals surface area (Å²) in [6.07, 6.45) is 0. The SMILES string of the molecule is CC1(C)c2ccccc2-c2c(-c3ccccc3N(c3ccccc3-c3ccc4oc5ccccc5c4c3)c3cccc4c5ccccc5n(-c5ccccc5)c34)cccc21. The molecule has 0 N–H and O–H groups in total. The van der Waals surface area contributed by atoms with E-state index in [2.05, 4.69) is 217 Å². The minimum absolute atomic E-state index is 0.124. The van der Waals surface area contributed by atoms with Gasteiger partial charge in [-0.3, -0.25) is 0 Å². The third-order valence-electron chi connectivity index (χ3n) is 12.8. The molecule has 0 atom stereocenters. The smallest absolute Gasteiger partial charge is 0.135 e. The van der Waals surface area contributed by atoms with Crippen molar-refractivity contribution in [3.05, 3.63) is 217 Å². The molecule has 284 valence electrons. The molecule has 9 aromatic carbocycles. The van der Waals surface area contributed by atoms with E-state index in [9.17, 15) is 0 Å². The van der Waals surface area contributed by atoms with E-state index in [1.165, 1.54) is 49.7 Å². The Morgan fingerprint density at radius 3 is 1.85 bits per heavy atom. The Bertz CT molecular complexity index is 3480. The van der Waals surface area contributed by atoms with Gasteiger partial charge in [-0.25, -0.2) is 0 Å². The molecule has 3 heteroatoms. The van der Waals surface area contributed by atoms with Gasteiger partial charge in [0.2, 0.25) is 0 Å². The van der Waals surface area contributed by atoms with E-state index in [0.717, 1.165) is 61.3 Å². The quantitative estimate of drug-likeness (QED) is 0.168. The van der Waals surface area contributed by atoms with Crippen LogP contribution in [0.5, 0.6) is 0 Å². The number of hydrogen-bond acceptors (Lipinski definition) is 2. The standard InChI is InChI=1S/C57H40N2O/c1-57(2)47-27-11-6-24-45(47)55-43(25-16-28-48(55)57)40-21-8-14-31-51(40)59(49-29-12-7-20-39(49)37-34-35-54-46(36-37)42-23-10-15-33-53(42)60-54)52-32-17-26-44-41-22-9-13-30-50(41)58(56(44)52)38-18-4-3-5-19-38/h3-36H,1-2H3. The molecule has 0 bridgehead atoms. The Labute approximate surface area is 349 Å². The first-order valence-electron chi connectivity index (χ1n) is 20.8. The number of hydrogen-bond donors (Lipinski definition) is 0. The van der Waals surface area contributed by atoms with Crippen LogP contribution in [0.25, 0.3) is 82.8 Å². The molecule has 0 saturated heterocycles. The zero-order valence-electron chi connectivity index (χ0n) is 33.4. The lowest BCUT2D eigenvalue weighted by molar-refractivity contribution is 0.660. The van der Waals surface area contributed by atoms with Crippen LogP contribution in [0.1, 0.15) is 25.0 Å². The van der Waals surface area contributed by atoms with Crippen molar-refractivity contribution < 1.29 is 4.42 Å². The highest BCUT2D eigenvalue weighted by atomic mass is 16.3. The normalized spacial score (nSPS) is 13.0. The third kappa shape index (κ3) is 5.02. The molecule has 0 amide bonds. The summed E-state index contributed by atoms with van der Waals surface area (Å²) in [4.78, 5) is 2.52. The van der Waals surface area contributed by atoms with Crippen molar-refractivity contribution in [2.75, 3.05) is 4.90 Å². The fourth-order valence-electron chi connectivity index (χ4n) is 10.1. The molecule has 3 nitrogen and oxygen atoms in total. The third-order valence-corrected chi connectivity index (χ3v) is 12.8. The molecule has 11 aromatic rings. The predicted molar refractivity (Wildman–Crippen MR) is 251 cm³/mol. The second kappa shape index (κ2) is 13.2. The van der Waals surface area contributed by atoms with Gasteiger partial charge < -0.3 is 13.9 Å². The average Bonchev–Trinajstić information content (AvgIpc) is 3.93. The van der Waals surface area contributed by atoms with Crippen LogP contribution in [-0.2, 0) is 5.41 Å². The number of furan rings is 1. The van der Waals surface area contributed by atoms with E-state index in [1.807, 2.05) is 12.1 Å². The summed E-state index contributed by atoms with van der Waals surface area (Å²) in [5.41, 5.74) is 18.4. The van der Waals surface area contributed by atoms with Crippen LogP contribution in [0.15, 0.2) is 211 Å². The van der Waals surface area contributed by atoms with Crippen LogP contribution in [0, 0.1) is 0 Å². The number of benzene rings is 9. The van der Waals surface area contributed by atoms with Crippen molar-refractivity contribution in [3.63, 3.8) is 0 Å². The minimum atomic E-state index is -0.124. The van der Waals surface area contributed by atoms with Crippen LogP contribution in [0.2, 0.25) is 0 Å². The first kappa shape index (κ1) is 34.4. The van der Waals surface area contributed by atoms with Gasteiger partial charge in [0.15, 0.2) is 0 Å². The maximum atomic E-state index is 6.32. The Morgan fingerprint density at radius 2 is 1.00 bits per heavy atom. The van der Waals surface area contributed by atoms with E-state index < -0.39 is 0 Å². The molecule has 0 saturated carbocycles. The van der Waals surface area contributed by atoms with E-state index in [0.29, 0.717) is 0 Å². The Balaban J connectivity index is 1.19. The van der Waals surface area contributed by atoms with Gasteiger partial charge >= 0.3 is 0 Å². The highest BCUT2D eigenvalue weighted by Gasteiger charge is 2.37. The highest BCUT2D eigenvalue weighted by molar-refractivity contribution is 6.15. The first-order chi connectivity index (χ1) is 29.6. The number of para-hydroxylation sites is 6. The summed E-state index contributed by atoms with van der Waals surface area (Å²) >= 11 is 0. The minimum Gasteiger partial charge on any atom is -0.456 e. The first-order valence-corrected chi connectivity index (χ1v) is 20.8. The van der Waals surface area contributed by atoms with Crippen LogP contribution >= 0.6 is 0 Å². The summed E-state index contributed by atoms with van der Waals surface area (Å²) in [6, 6.07) is 75.0. The zero-order valence-corrected chi connectivity index (χ0v) is 33.4. The molecule has 0 spiro atoms. The molecule has 1 aliphatic rings. The highest BCUT2D eigenvalue weighted by Crippen LogP contribution is 2.55. The number of fused-ring (bicyclic) bond motifs is 9. The maximum Gasteiger partial charge on any atom is 0.135 e. The second-order valence-electron chi connectivity index (χ2n) is 16.4. The van der Waals surface area contributed by atoms with Crippen LogP contribution < -0.4 is 4.90 Å². The number of aromatic nitrogens is 1. The van der Waals surface area contributed by atoms with Crippen molar-refractivity contribution in [2.24, 2.45) is 0 Å². The fraction of sp³-hybridized carbons (Fsp3) is 0.0526. The van der Waals surface area contributed by atoms with Gasteiger partial charge in [-0.1, -0.05) is 166 Å². The molecule has 1 aliphatic carbocycles. The second-order valence-corrected chi connectivity index (χ2v) is 16.4. The summed E-state index contributed by atoms with van der Waals surface area (Å²) in [5, 5.41) is 4.65. The van der Waals surface area contributed by atoms with Gasteiger partial charge in [-0.05, 0) is 88.0 Å². The van der Waals surface area contributed by atoms with Crippen LogP contribution in [-0.4, -0.2) is 4.57 Å². The summed E-state index contributed by atoms with van der Waals surface area (Å²) < 4.78 is 8.76. The zero-order chi connectivity index (χ0) is 40.0. The molecule has 60 heavy (non-hydrogen) atoms. The molecule has 0 fully saturated rings. The largest absolute Gasteiger partial charge is 0.456 e. The van der Waals surface area contributed by atoms with Gasteiger partial charge in [0, 0.05) is 43.8 Å². The Hall–Kier alpha value is -7.62. The van der Waals surface area contributed by atoms with E-state index in [4.69, 9.17) is 4.42 Å². The van der Waals surface area contributed by atoms with Crippen molar-refractivity contribution in [1.82, 2.24) is 4.57 Å². The molecular weight excluding hydrogens is 729 g/mol. The monoisotopic (exact) mass is 768 g/mol. The number of nitrogens with zero attached hydrogens (tertiary/aromatic N) is 2. The van der Waals surface area contributed by atoms with Gasteiger partial charge in [0.25, 0.3) is 0 Å². The van der Waals surface area contributed by atoms with Crippen molar-refractivity contribution in [3.8, 4) is 39.1 Å². The lowest BCUT2D eigenvalue weighted by atomic mass is 9.82. The Kier molecular flexibility index (Phi) is 7.58. The van der Waals surface area contributed by atoms with E-state index in [1.54, 1.807) is 0 Å². The summed E-state index contributed by atoms with van der Waals surface area (Å²) in [7, 11) is 0. The average molecular weight is 769 g/mol. The van der Waals surface area contributed by atoms with E-state index in [-0.39, 0.29) is 5.41 Å². The van der Waals surface area contributed by atoms with Gasteiger partial charge in [0.05, 0.1) is 28.1 Å². The summed E-state index contributed by atoms with van der Waals surface area (Å²) in [5.74, 6) is 0. The molecule has 0 radical (unpaired) electrons.